The molecule has 1 atom stereocenters. The average molecular weight is 227 g/mol. The Bertz CT molecular complexity index is 284. The molecule has 6 nitrogen and oxygen atoms in total. The second-order valence-corrected chi connectivity index (χ2v) is 3.66. The van der Waals surface area contributed by atoms with Crippen molar-refractivity contribution in [2.24, 2.45) is 17.6 Å². The van der Waals surface area contributed by atoms with E-state index >= 15 is 0 Å². The maximum Gasteiger partial charge on any atom is 0.243 e. The first-order valence-corrected chi connectivity index (χ1v) is 5.02. The number of nitrogens with two attached hydrogens (primary N) is 1. The summed E-state index contributed by atoms with van der Waals surface area (Å²) in [6.07, 6.45) is 0. The van der Waals surface area contributed by atoms with Crippen molar-refractivity contribution in [3.63, 3.8) is 0 Å². The first kappa shape index (κ1) is 14.4. The van der Waals surface area contributed by atoms with Crippen molar-refractivity contribution in [2.45, 2.75) is 13.8 Å². The van der Waals surface area contributed by atoms with Gasteiger partial charge in [0.15, 0.2) is 0 Å². The normalized spacial score (nSPS) is 11.9. The third-order valence-electron chi connectivity index (χ3n) is 1.88. The van der Waals surface area contributed by atoms with Crippen LogP contribution in [0, 0.1) is 23.2 Å². The van der Waals surface area contributed by atoms with Gasteiger partial charge in [0.2, 0.25) is 11.8 Å². The highest BCUT2D eigenvalue weighted by Gasteiger charge is 2.20. The first-order chi connectivity index (χ1) is 7.49. The van der Waals surface area contributed by atoms with Gasteiger partial charge < -0.3 is 15.8 Å². The van der Waals surface area contributed by atoms with E-state index in [0.717, 1.165) is 0 Å². The van der Waals surface area contributed by atoms with Gasteiger partial charge >= 0.3 is 0 Å². The van der Waals surface area contributed by atoms with Crippen LogP contribution in [0.15, 0.2) is 0 Å². The van der Waals surface area contributed by atoms with Crippen LogP contribution in [0.2, 0.25) is 0 Å². The summed E-state index contributed by atoms with van der Waals surface area (Å²) in [6, 6.07) is 1.93. The van der Waals surface area contributed by atoms with Gasteiger partial charge in [-0.25, -0.2) is 0 Å². The minimum atomic E-state index is -0.656. The number of carbonyl (C=O) groups is 2. The van der Waals surface area contributed by atoms with Crippen LogP contribution < -0.4 is 11.1 Å². The van der Waals surface area contributed by atoms with Crippen LogP contribution in [0.25, 0.3) is 0 Å². The molecule has 0 aromatic carbocycles. The first-order valence-electron chi connectivity index (χ1n) is 5.02. The molecule has 0 aliphatic carbocycles. The van der Waals surface area contributed by atoms with E-state index in [1.54, 1.807) is 13.8 Å². The lowest BCUT2D eigenvalue weighted by Crippen LogP contribution is -2.35. The van der Waals surface area contributed by atoms with Gasteiger partial charge in [-0.05, 0) is 5.92 Å². The van der Waals surface area contributed by atoms with Gasteiger partial charge in [-0.3, -0.25) is 9.59 Å². The summed E-state index contributed by atoms with van der Waals surface area (Å²) in [5.41, 5.74) is 4.85. The lowest BCUT2D eigenvalue weighted by atomic mass is 9.97. The Labute approximate surface area is 94.7 Å². The van der Waals surface area contributed by atoms with Crippen LogP contribution in [0.4, 0.5) is 0 Å². The lowest BCUT2D eigenvalue weighted by molar-refractivity contribution is -0.124. The summed E-state index contributed by atoms with van der Waals surface area (Å²) in [5.74, 6) is -1.56. The maximum atomic E-state index is 11.4. The highest BCUT2D eigenvalue weighted by molar-refractivity contribution is 5.81. The number of amides is 2. The molecular weight excluding hydrogens is 210 g/mol. The Morgan fingerprint density at radius 3 is 2.56 bits per heavy atom. The molecule has 90 valence electrons. The van der Waals surface area contributed by atoms with Crippen molar-refractivity contribution in [1.29, 1.82) is 5.26 Å². The van der Waals surface area contributed by atoms with Crippen LogP contribution in [0.3, 0.4) is 0 Å². The number of hydrogen-bond donors (Lipinski definition) is 2. The van der Waals surface area contributed by atoms with Crippen LogP contribution in [-0.2, 0) is 14.3 Å². The molecule has 0 aliphatic heterocycles. The number of nitrogens with one attached hydrogen (secondary N) is 1. The molecular formula is C10H17N3O3. The standard InChI is InChI=1S/C10H17N3O3/c1-7(2)8(5-11)10(15)13-3-4-16-6-9(12)14/h7-8H,3-4,6H2,1-2H3,(H2,12,14)(H,13,15). The predicted molar refractivity (Wildman–Crippen MR) is 57.0 cm³/mol. The summed E-state index contributed by atoms with van der Waals surface area (Å²) >= 11 is 0. The minimum Gasteiger partial charge on any atom is -0.370 e. The second-order valence-electron chi connectivity index (χ2n) is 3.66. The fourth-order valence-electron chi connectivity index (χ4n) is 1.04. The molecule has 0 fully saturated rings. The van der Waals surface area contributed by atoms with E-state index in [1.165, 1.54) is 0 Å². The number of nitriles is 1. The highest BCUT2D eigenvalue weighted by atomic mass is 16.5. The van der Waals surface area contributed by atoms with Gasteiger partial charge in [-0.2, -0.15) is 5.26 Å². The van der Waals surface area contributed by atoms with Crippen LogP contribution in [-0.4, -0.2) is 31.6 Å². The predicted octanol–water partition coefficient (Wildman–Crippen LogP) is -0.600. The largest absolute Gasteiger partial charge is 0.370 e. The van der Waals surface area contributed by atoms with Gasteiger partial charge in [-0.15, -0.1) is 0 Å². The van der Waals surface area contributed by atoms with Gasteiger partial charge in [0, 0.05) is 6.54 Å². The Balaban J connectivity index is 3.73. The van der Waals surface area contributed by atoms with Gasteiger partial charge in [-0.1, -0.05) is 13.8 Å². The van der Waals surface area contributed by atoms with E-state index in [1.807, 2.05) is 6.07 Å². The monoisotopic (exact) mass is 227 g/mol. The number of carbonyl (C=O) groups excluding carboxylic acids is 2. The molecule has 0 radical (unpaired) electrons. The van der Waals surface area contributed by atoms with Crippen LogP contribution in [0.1, 0.15) is 13.8 Å². The smallest absolute Gasteiger partial charge is 0.243 e. The van der Waals surface area contributed by atoms with Gasteiger partial charge in [0.1, 0.15) is 12.5 Å². The molecule has 0 spiro atoms. The maximum absolute atomic E-state index is 11.4. The summed E-state index contributed by atoms with van der Waals surface area (Å²) < 4.78 is 4.85. The molecule has 0 bridgehead atoms. The number of ether oxygens (including phenoxy) is 1. The fourth-order valence-corrected chi connectivity index (χ4v) is 1.04. The molecule has 6 heteroatoms. The summed E-state index contributed by atoms with van der Waals surface area (Å²) in [5, 5.41) is 11.3. The topological polar surface area (TPSA) is 105 Å². The summed E-state index contributed by atoms with van der Waals surface area (Å²) in [7, 11) is 0. The molecule has 0 aliphatic rings. The number of hydrogen-bond acceptors (Lipinski definition) is 4. The molecule has 1 unspecified atom stereocenters. The molecule has 0 aromatic heterocycles. The Morgan fingerprint density at radius 2 is 2.12 bits per heavy atom. The van der Waals surface area contributed by atoms with Gasteiger partial charge in [0.05, 0.1) is 12.7 Å². The summed E-state index contributed by atoms with van der Waals surface area (Å²) in [6.45, 7) is 3.90. The number of primary amides is 1. The fraction of sp³-hybridized carbons (Fsp3) is 0.700. The SMILES string of the molecule is CC(C)C(C#N)C(=O)NCCOCC(N)=O. The van der Waals surface area contributed by atoms with Gasteiger partial charge in [0.25, 0.3) is 0 Å². The second kappa shape index (κ2) is 7.65. The zero-order chi connectivity index (χ0) is 12.6. The molecule has 16 heavy (non-hydrogen) atoms. The van der Waals surface area contributed by atoms with Crippen molar-refractivity contribution < 1.29 is 14.3 Å². The van der Waals surface area contributed by atoms with E-state index in [0.29, 0.717) is 0 Å². The van der Waals surface area contributed by atoms with Crippen molar-refractivity contribution in [2.75, 3.05) is 19.8 Å². The minimum absolute atomic E-state index is 0.0310. The number of rotatable bonds is 7. The molecule has 0 aromatic rings. The van der Waals surface area contributed by atoms with Crippen LogP contribution >= 0.6 is 0 Å². The molecule has 3 N–H and O–H groups in total. The zero-order valence-corrected chi connectivity index (χ0v) is 9.53. The average Bonchev–Trinajstić information content (AvgIpc) is 2.17. The van der Waals surface area contributed by atoms with E-state index in [4.69, 9.17) is 15.7 Å². The Hall–Kier alpha value is -1.61. The van der Waals surface area contributed by atoms with E-state index in [2.05, 4.69) is 5.32 Å². The van der Waals surface area contributed by atoms with Crippen molar-refractivity contribution in [3.05, 3.63) is 0 Å². The van der Waals surface area contributed by atoms with E-state index in [-0.39, 0.29) is 31.6 Å². The third kappa shape index (κ3) is 5.98. The van der Waals surface area contributed by atoms with Crippen molar-refractivity contribution >= 4 is 11.8 Å². The van der Waals surface area contributed by atoms with E-state index < -0.39 is 11.8 Å². The highest BCUT2D eigenvalue weighted by Crippen LogP contribution is 2.08. The molecule has 0 saturated heterocycles. The zero-order valence-electron chi connectivity index (χ0n) is 9.53. The molecule has 0 rings (SSSR count). The molecule has 0 heterocycles. The molecule has 0 saturated carbocycles. The van der Waals surface area contributed by atoms with Crippen LogP contribution in [0.5, 0.6) is 0 Å². The number of nitrogens with zero attached hydrogens (tertiary/aromatic N) is 1. The Morgan fingerprint density at radius 1 is 1.50 bits per heavy atom. The molecule has 2 amide bonds. The Kier molecular flexibility index (Phi) is 6.88. The van der Waals surface area contributed by atoms with E-state index in [9.17, 15) is 9.59 Å². The van der Waals surface area contributed by atoms with Crippen molar-refractivity contribution in [3.8, 4) is 6.07 Å². The van der Waals surface area contributed by atoms with Crippen molar-refractivity contribution in [1.82, 2.24) is 5.32 Å². The quantitative estimate of drug-likeness (QED) is 0.566. The summed E-state index contributed by atoms with van der Waals surface area (Å²) in [4.78, 5) is 21.7. The lowest BCUT2D eigenvalue weighted by Gasteiger charge is -2.12. The third-order valence-corrected chi connectivity index (χ3v) is 1.88.